The summed E-state index contributed by atoms with van der Waals surface area (Å²) in [7, 11) is 0. The van der Waals surface area contributed by atoms with Crippen molar-refractivity contribution in [2.45, 2.75) is 27.2 Å². The summed E-state index contributed by atoms with van der Waals surface area (Å²) in [5.74, 6) is 1.57. The number of hydrogen-bond donors (Lipinski definition) is 1. The van der Waals surface area contributed by atoms with Gasteiger partial charge in [-0.15, -0.1) is 0 Å². The highest BCUT2D eigenvalue weighted by Gasteiger charge is 2.13. The van der Waals surface area contributed by atoms with Crippen LogP contribution in [0.2, 0.25) is 5.02 Å². The van der Waals surface area contributed by atoms with Gasteiger partial charge in [0.05, 0.1) is 10.2 Å². The lowest BCUT2D eigenvalue weighted by Gasteiger charge is -2.12. The zero-order valence-electron chi connectivity index (χ0n) is 11.8. The molecule has 0 aliphatic heterocycles. The molecule has 0 saturated heterocycles. The fraction of sp³-hybridized carbons (Fsp3) is 0.333. The van der Waals surface area contributed by atoms with E-state index in [1.165, 1.54) is 0 Å². The molecule has 1 heterocycles. The normalized spacial score (nSPS) is 10.7. The van der Waals surface area contributed by atoms with Gasteiger partial charge in [0.15, 0.2) is 5.82 Å². The zero-order valence-corrected chi connectivity index (χ0v) is 14.1. The maximum atomic E-state index is 6.01. The largest absolute Gasteiger partial charge is 0.369 e. The number of nitrogens with zero attached hydrogens (tertiary/aromatic N) is 2. The summed E-state index contributed by atoms with van der Waals surface area (Å²) in [6.07, 6.45) is 0.848. The lowest BCUT2D eigenvalue weighted by molar-refractivity contribution is 0.983. The van der Waals surface area contributed by atoms with Gasteiger partial charge in [0.1, 0.15) is 5.82 Å². The second-order valence-corrected chi connectivity index (χ2v) is 5.73. The van der Waals surface area contributed by atoms with Gasteiger partial charge in [-0.25, -0.2) is 9.97 Å². The van der Waals surface area contributed by atoms with E-state index in [1.807, 2.05) is 32.0 Å². The third-order valence-corrected chi connectivity index (χ3v) is 4.10. The van der Waals surface area contributed by atoms with E-state index in [1.54, 1.807) is 0 Å². The monoisotopic (exact) mass is 353 g/mol. The van der Waals surface area contributed by atoms with E-state index in [4.69, 9.17) is 11.6 Å². The fourth-order valence-corrected chi connectivity index (χ4v) is 2.84. The van der Waals surface area contributed by atoms with E-state index in [2.05, 4.69) is 38.1 Å². The van der Waals surface area contributed by atoms with E-state index in [-0.39, 0.29) is 0 Å². The molecular formula is C15H17BrClN3. The van der Waals surface area contributed by atoms with Crippen LogP contribution in [0.3, 0.4) is 0 Å². The molecule has 20 heavy (non-hydrogen) atoms. The number of benzene rings is 1. The Morgan fingerprint density at radius 2 is 2.00 bits per heavy atom. The number of rotatable bonds is 4. The summed E-state index contributed by atoms with van der Waals surface area (Å²) < 4.78 is 0.942. The topological polar surface area (TPSA) is 37.8 Å². The Bertz CT molecular complexity index is 629. The third-order valence-electron chi connectivity index (χ3n) is 3.03. The van der Waals surface area contributed by atoms with Crippen LogP contribution < -0.4 is 5.32 Å². The average Bonchev–Trinajstić information content (AvgIpc) is 2.41. The molecule has 2 rings (SSSR count). The SMILES string of the molecule is CCNc1nc(-c2ccc(Cl)cc2C)nc(CC)c1Br. The molecule has 0 fully saturated rings. The highest BCUT2D eigenvalue weighted by atomic mass is 79.9. The van der Waals surface area contributed by atoms with E-state index in [9.17, 15) is 0 Å². The van der Waals surface area contributed by atoms with Crippen molar-refractivity contribution in [3.05, 3.63) is 39.0 Å². The first-order valence-electron chi connectivity index (χ1n) is 6.63. The molecule has 0 unspecified atom stereocenters. The van der Waals surface area contributed by atoms with Crippen LogP contribution in [0, 0.1) is 6.92 Å². The molecule has 0 aliphatic rings. The predicted octanol–water partition coefficient (Wildman–Crippen LogP) is 4.86. The highest BCUT2D eigenvalue weighted by Crippen LogP contribution is 2.29. The Morgan fingerprint density at radius 1 is 1.25 bits per heavy atom. The van der Waals surface area contributed by atoms with E-state index in [0.717, 1.165) is 50.9 Å². The van der Waals surface area contributed by atoms with Gasteiger partial charge >= 0.3 is 0 Å². The maximum absolute atomic E-state index is 6.01. The lowest BCUT2D eigenvalue weighted by Crippen LogP contribution is -2.06. The zero-order chi connectivity index (χ0) is 14.7. The van der Waals surface area contributed by atoms with Crippen molar-refractivity contribution in [3.63, 3.8) is 0 Å². The predicted molar refractivity (Wildman–Crippen MR) is 88.5 cm³/mol. The van der Waals surface area contributed by atoms with Crippen LogP contribution in [0.5, 0.6) is 0 Å². The van der Waals surface area contributed by atoms with Crippen molar-refractivity contribution >= 4 is 33.3 Å². The van der Waals surface area contributed by atoms with Gasteiger partial charge in [0, 0.05) is 17.1 Å². The number of aryl methyl sites for hydroxylation is 2. The third kappa shape index (κ3) is 3.13. The Labute approximate surface area is 132 Å². The maximum Gasteiger partial charge on any atom is 0.162 e. The first kappa shape index (κ1) is 15.3. The molecule has 0 radical (unpaired) electrons. The molecule has 5 heteroatoms. The summed E-state index contributed by atoms with van der Waals surface area (Å²) >= 11 is 9.58. The molecule has 0 bridgehead atoms. The first-order valence-corrected chi connectivity index (χ1v) is 7.80. The van der Waals surface area contributed by atoms with Gasteiger partial charge in [0.2, 0.25) is 0 Å². The molecule has 0 amide bonds. The van der Waals surface area contributed by atoms with Crippen molar-refractivity contribution < 1.29 is 0 Å². The van der Waals surface area contributed by atoms with Crippen LogP contribution in [-0.4, -0.2) is 16.5 Å². The van der Waals surface area contributed by atoms with Crippen molar-refractivity contribution in [1.82, 2.24) is 9.97 Å². The summed E-state index contributed by atoms with van der Waals surface area (Å²) in [5, 5.41) is 4.00. The standard InChI is InChI=1S/C15H17BrClN3/c1-4-12-13(16)15(18-5-2)20-14(19-12)11-7-6-10(17)8-9(11)3/h6-8H,4-5H2,1-3H3,(H,18,19,20). The Hall–Kier alpha value is -1.13. The summed E-state index contributed by atoms with van der Waals surface area (Å²) in [4.78, 5) is 9.27. The van der Waals surface area contributed by atoms with Gasteiger partial charge in [-0.05, 0) is 60.0 Å². The Morgan fingerprint density at radius 3 is 2.60 bits per heavy atom. The van der Waals surface area contributed by atoms with Gasteiger partial charge in [-0.3, -0.25) is 0 Å². The fourth-order valence-electron chi connectivity index (χ4n) is 2.01. The molecule has 0 saturated carbocycles. The van der Waals surface area contributed by atoms with Crippen LogP contribution in [0.15, 0.2) is 22.7 Å². The van der Waals surface area contributed by atoms with Crippen LogP contribution >= 0.6 is 27.5 Å². The molecule has 0 atom stereocenters. The second kappa shape index (κ2) is 6.55. The van der Waals surface area contributed by atoms with Crippen molar-refractivity contribution in [2.75, 3.05) is 11.9 Å². The first-order chi connectivity index (χ1) is 9.56. The number of hydrogen-bond acceptors (Lipinski definition) is 3. The molecular weight excluding hydrogens is 338 g/mol. The van der Waals surface area contributed by atoms with E-state index < -0.39 is 0 Å². The summed E-state index contributed by atoms with van der Waals surface area (Å²) in [6.45, 7) is 6.97. The van der Waals surface area contributed by atoms with Gasteiger partial charge in [-0.1, -0.05) is 18.5 Å². The van der Waals surface area contributed by atoms with Crippen molar-refractivity contribution in [2.24, 2.45) is 0 Å². The van der Waals surface area contributed by atoms with Gasteiger partial charge in [0.25, 0.3) is 0 Å². The van der Waals surface area contributed by atoms with Crippen LogP contribution in [0.4, 0.5) is 5.82 Å². The van der Waals surface area contributed by atoms with Crippen molar-refractivity contribution in [3.8, 4) is 11.4 Å². The quantitative estimate of drug-likeness (QED) is 0.852. The summed E-state index contributed by atoms with van der Waals surface area (Å²) in [5.41, 5.74) is 3.08. The minimum absolute atomic E-state index is 0.728. The van der Waals surface area contributed by atoms with Gasteiger partial charge in [-0.2, -0.15) is 0 Å². The van der Waals surface area contributed by atoms with Crippen LogP contribution in [0.25, 0.3) is 11.4 Å². The smallest absolute Gasteiger partial charge is 0.162 e. The molecule has 1 aromatic heterocycles. The Kier molecular flexibility index (Phi) is 5.00. The molecule has 3 nitrogen and oxygen atoms in total. The Balaban J connectivity index is 2.58. The van der Waals surface area contributed by atoms with Crippen LogP contribution in [0.1, 0.15) is 25.1 Å². The van der Waals surface area contributed by atoms with Crippen molar-refractivity contribution in [1.29, 1.82) is 0 Å². The highest BCUT2D eigenvalue weighted by molar-refractivity contribution is 9.10. The molecule has 1 aromatic carbocycles. The second-order valence-electron chi connectivity index (χ2n) is 4.50. The average molecular weight is 355 g/mol. The summed E-state index contributed by atoms with van der Waals surface area (Å²) in [6, 6.07) is 5.77. The van der Waals surface area contributed by atoms with E-state index >= 15 is 0 Å². The molecule has 1 N–H and O–H groups in total. The molecule has 106 valence electrons. The molecule has 0 spiro atoms. The number of nitrogens with one attached hydrogen (secondary N) is 1. The molecule has 2 aromatic rings. The van der Waals surface area contributed by atoms with Gasteiger partial charge < -0.3 is 5.32 Å². The number of anilines is 1. The minimum Gasteiger partial charge on any atom is -0.369 e. The molecule has 0 aliphatic carbocycles. The number of aromatic nitrogens is 2. The minimum atomic E-state index is 0.728. The van der Waals surface area contributed by atoms with Crippen LogP contribution in [-0.2, 0) is 6.42 Å². The number of halogens is 2. The van der Waals surface area contributed by atoms with E-state index in [0.29, 0.717) is 0 Å². The lowest BCUT2D eigenvalue weighted by atomic mass is 10.1.